The van der Waals surface area contributed by atoms with Gasteiger partial charge in [-0.05, 0) is 41.5 Å². The van der Waals surface area contributed by atoms with Gasteiger partial charge in [-0.15, -0.1) is 0 Å². The molecule has 0 saturated carbocycles. The van der Waals surface area contributed by atoms with Crippen molar-refractivity contribution in [2.45, 2.75) is 65.6 Å². The average Bonchev–Trinajstić information content (AvgIpc) is 2.82. The van der Waals surface area contributed by atoms with E-state index in [9.17, 15) is 28.8 Å². The van der Waals surface area contributed by atoms with Crippen LogP contribution < -0.4 is 0 Å². The molecular weight excluding hydrogens is 516 g/mol. The lowest BCUT2D eigenvalue weighted by Crippen LogP contribution is -2.51. The van der Waals surface area contributed by atoms with E-state index >= 15 is 0 Å². The van der Waals surface area contributed by atoms with Gasteiger partial charge in [0.15, 0.2) is 0 Å². The van der Waals surface area contributed by atoms with Crippen LogP contribution in [0.5, 0.6) is 0 Å². The fraction of sp³-hybridized carbons (Fsp3) is 0.760. The number of rotatable bonds is 4. The van der Waals surface area contributed by atoms with Gasteiger partial charge in [-0.1, -0.05) is 0 Å². The van der Waals surface area contributed by atoms with Crippen LogP contribution >= 0.6 is 0 Å². The van der Waals surface area contributed by atoms with E-state index in [0.717, 1.165) is 0 Å². The third kappa shape index (κ3) is 13.2. The van der Waals surface area contributed by atoms with E-state index in [2.05, 4.69) is 4.74 Å². The van der Waals surface area contributed by atoms with Crippen LogP contribution in [0.4, 0.5) is 9.59 Å². The largest absolute Gasteiger partial charge is 0.481 e. The molecule has 2 saturated heterocycles. The zero-order valence-corrected chi connectivity index (χ0v) is 24.0. The molecule has 0 radical (unpaired) electrons. The summed E-state index contributed by atoms with van der Waals surface area (Å²) >= 11 is 0. The van der Waals surface area contributed by atoms with Crippen molar-refractivity contribution in [1.82, 2.24) is 19.6 Å². The fourth-order valence-corrected chi connectivity index (χ4v) is 3.48. The van der Waals surface area contributed by atoms with Crippen LogP contribution in [0.1, 0.15) is 54.4 Å². The van der Waals surface area contributed by atoms with Crippen LogP contribution in [0.15, 0.2) is 0 Å². The summed E-state index contributed by atoms with van der Waals surface area (Å²) < 4.78 is 14.9. The Balaban J connectivity index is 0.000000391. The molecule has 0 aromatic carbocycles. The van der Waals surface area contributed by atoms with Crippen LogP contribution in [0.25, 0.3) is 0 Å². The number of esters is 1. The molecule has 2 aliphatic heterocycles. The molecule has 0 bridgehead atoms. The molecule has 0 aliphatic carbocycles. The van der Waals surface area contributed by atoms with Crippen molar-refractivity contribution in [2.24, 2.45) is 0 Å². The first-order valence-corrected chi connectivity index (χ1v) is 12.7. The van der Waals surface area contributed by atoms with Crippen molar-refractivity contribution >= 4 is 35.9 Å². The summed E-state index contributed by atoms with van der Waals surface area (Å²) in [6.45, 7) is 13.8. The summed E-state index contributed by atoms with van der Waals surface area (Å²) in [5, 5.41) is 8.55. The number of nitrogens with zero attached hydrogens (tertiary/aromatic N) is 4. The molecule has 14 heteroatoms. The molecular formula is C25H42N4O10. The second-order valence-corrected chi connectivity index (χ2v) is 11.0. The number of aliphatic carboxylic acids is 1. The van der Waals surface area contributed by atoms with E-state index < -0.39 is 41.6 Å². The lowest BCUT2D eigenvalue weighted by molar-refractivity contribution is -0.148. The summed E-state index contributed by atoms with van der Waals surface area (Å²) in [6, 6.07) is 0. The second kappa shape index (κ2) is 14.5. The molecule has 222 valence electrons. The quantitative estimate of drug-likeness (QED) is 0.301. The fourth-order valence-electron chi connectivity index (χ4n) is 3.48. The van der Waals surface area contributed by atoms with Crippen molar-refractivity contribution < 1.29 is 48.1 Å². The van der Waals surface area contributed by atoms with Gasteiger partial charge in [-0.2, -0.15) is 0 Å². The van der Waals surface area contributed by atoms with Gasteiger partial charge in [0.1, 0.15) is 24.0 Å². The standard InChI is InChI=1S/C13H22N2O5.C12H20N2O5/c1-13(2,3)20-12(18)15-7-5-14(6-8-15)10(16)9-11(17)19-4;1-12(2,3)19-11(18)14-6-4-13(5-7-14)9(15)8-10(16)17/h5-9H2,1-4H3;4-8H2,1-3H3,(H,16,17). The van der Waals surface area contributed by atoms with Crippen molar-refractivity contribution in [1.29, 1.82) is 0 Å². The number of piperazine rings is 2. The van der Waals surface area contributed by atoms with E-state index in [1.807, 2.05) is 0 Å². The van der Waals surface area contributed by atoms with Crippen molar-refractivity contribution in [3.63, 3.8) is 0 Å². The highest BCUT2D eigenvalue weighted by Gasteiger charge is 2.29. The van der Waals surface area contributed by atoms with E-state index in [1.54, 1.807) is 51.3 Å². The Hall–Kier alpha value is -3.58. The van der Waals surface area contributed by atoms with Crippen LogP contribution in [0.3, 0.4) is 0 Å². The smallest absolute Gasteiger partial charge is 0.410 e. The summed E-state index contributed by atoms with van der Waals surface area (Å²) in [5.74, 6) is -2.39. The summed E-state index contributed by atoms with van der Waals surface area (Å²) in [7, 11) is 1.25. The highest BCUT2D eigenvalue weighted by Crippen LogP contribution is 2.13. The van der Waals surface area contributed by atoms with Crippen molar-refractivity contribution in [3.8, 4) is 0 Å². The molecule has 4 amide bonds. The van der Waals surface area contributed by atoms with Gasteiger partial charge in [0.05, 0.1) is 7.11 Å². The number of carboxylic acid groups (broad SMARTS) is 1. The molecule has 14 nitrogen and oxygen atoms in total. The highest BCUT2D eigenvalue weighted by atomic mass is 16.6. The molecule has 0 atom stereocenters. The van der Waals surface area contributed by atoms with E-state index in [0.29, 0.717) is 52.4 Å². The number of methoxy groups -OCH3 is 1. The minimum Gasteiger partial charge on any atom is -0.481 e. The molecule has 2 fully saturated rings. The third-order valence-electron chi connectivity index (χ3n) is 5.39. The lowest BCUT2D eigenvalue weighted by Gasteiger charge is -2.35. The molecule has 39 heavy (non-hydrogen) atoms. The topological polar surface area (TPSA) is 163 Å². The number of carboxylic acids is 1. The molecule has 1 N–H and O–H groups in total. The first-order valence-electron chi connectivity index (χ1n) is 12.7. The summed E-state index contributed by atoms with van der Waals surface area (Å²) in [6.07, 6.45) is -1.55. The molecule has 2 heterocycles. The second-order valence-electron chi connectivity index (χ2n) is 11.0. The van der Waals surface area contributed by atoms with E-state index in [1.165, 1.54) is 16.9 Å². The Morgan fingerprint density at radius 1 is 0.590 bits per heavy atom. The molecule has 2 rings (SSSR count). The third-order valence-corrected chi connectivity index (χ3v) is 5.39. The number of hydrogen-bond acceptors (Lipinski definition) is 9. The average molecular weight is 559 g/mol. The number of carbonyl (C=O) groups is 6. The highest BCUT2D eigenvalue weighted by molar-refractivity contribution is 5.94. The van der Waals surface area contributed by atoms with Gasteiger partial charge in [-0.3, -0.25) is 19.2 Å². The summed E-state index contributed by atoms with van der Waals surface area (Å²) in [5.41, 5.74) is -1.08. The van der Waals surface area contributed by atoms with Gasteiger partial charge in [0.25, 0.3) is 0 Å². The predicted molar refractivity (Wildman–Crippen MR) is 138 cm³/mol. The van der Waals surface area contributed by atoms with Crippen molar-refractivity contribution in [2.75, 3.05) is 59.5 Å². The molecule has 0 unspecified atom stereocenters. The normalized spacial score (nSPS) is 16.0. The maximum absolute atomic E-state index is 11.8. The van der Waals surface area contributed by atoms with Crippen LogP contribution in [-0.2, 0) is 33.4 Å². The first kappa shape index (κ1) is 33.4. The van der Waals surface area contributed by atoms with Crippen molar-refractivity contribution in [3.05, 3.63) is 0 Å². The van der Waals surface area contributed by atoms with Gasteiger partial charge in [0.2, 0.25) is 11.8 Å². The SMILES string of the molecule is CC(C)(C)OC(=O)N1CCN(C(=O)CC(=O)O)CC1.COC(=O)CC(=O)N1CCN(C(=O)OC(C)(C)C)CC1. The minimum absolute atomic E-state index is 0.261. The molecule has 0 aromatic heterocycles. The number of carbonyl (C=O) groups excluding carboxylic acids is 5. The Morgan fingerprint density at radius 3 is 1.18 bits per heavy atom. The summed E-state index contributed by atoms with van der Waals surface area (Å²) in [4.78, 5) is 74.5. The van der Waals surface area contributed by atoms with Gasteiger partial charge in [0, 0.05) is 52.4 Å². The first-order chi connectivity index (χ1) is 17.9. The number of amides is 4. The number of ether oxygens (including phenoxy) is 3. The number of hydrogen-bond donors (Lipinski definition) is 1. The molecule has 0 aromatic rings. The predicted octanol–water partition coefficient (Wildman–Crippen LogP) is 1.17. The van der Waals surface area contributed by atoms with Crippen LogP contribution in [0, 0.1) is 0 Å². The Bertz CT molecular complexity index is 894. The maximum Gasteiger partial charge on any atom is 0.410 e. The maximum atomic E-state index is 11.8. The van der Waals surface area contributed by atoms with Gasteiger partial charge >= 0.3 is 24.1 Å². The van der Waals surface area contributed by atoms with Gasteiger partial charge in [-0.25, -0.2) is 9.59 Å². The Kier molecular flexibility index (Phi) is 12.5. The van der Waals surface area contributed by atoms with Gasteiger partial charge < -0.3 is 38.9 Å². The lowest BCUT2D eigenvalue weighted by atomic mass is 10.2. The molecule has 2 aliphatic rings. The Morgan fingerprint density at radius 2 is 0.897 bits per heavy atom. The zero-order valence-electron chi connectivity index (χ0n) is 24.0. The van der Waals surface area contributed by atoms with E-state index in [4.69, 9.17) is 14.6 Å². The van der Waals surface area contributed by atoms with Crippen LogP contribution in [0.2, 0.25) is 0 Å². The zero-order chi connectivity index (χ0) is 30.0. The monoisotopic (exact) mass is 558 g/mol. The minimum atomic E-state index is -1.14. The van der Waals surface area contributed by atoms with Crippen LogP contribution in [-0.4, -0.2) is 131 Å². The molecule has 0 spiro atoms. The Labute approximate surface area is 229 Å². The van der Waals surface area contributed by atoms with E-state index in [-0.39, 0.29) is 18.4 Å².